The Morgan fingerprint density at radius 2 is 2.35 bits per heavy atom. The number of H-pyrrole nitrogens is 1. The number of ether oxygens (including phenoxy) is 1. The molecule has 2 fully saturated rings. The SMILES string of the molecule is c1ccc2[nH]c(NC3CCOC4(CCSC4)C3)nc2c1. The third-order valence-corrected chi connectivity index (χ3v) is 5.51. The summed E-state index contributed by atoms with van der Waals surface area (Å²) >= 11 is 2.02. The Morgan fingerprint density at radius 1 is 1.40 bits per heavy atom. The monoisotopic (exact) mass is 289 g/mol. The van der Waals surface area contributed by atoms with Crippen LogP contribution >= 0.6 is 11.8 Å². The van der Waals surface area contributed by atoms with E-state index in [0.29, 0.717) is 6.04 Å². The molecule has 2 atom stereocenters. The van der Waals surface area contributed by atoms with Crippen molar-refractivity contribution in [3.8, 4) is 0 Å². The van der Waals surface area contributed by atoms with Gasteiger partial charge in [-0.05, 0) is 37.1 Å². The summed E-state index contributed by atoms with van der Waals surface area (Å²) in [6.07, 6.45) is 3.34. The first kappa shape index (κ1) is 12.5. The van der Waals surface area contributed by atoms with Crippen LogP contribution in [0.1, 0.15) is 19.3 Å². The number of rotatable bonds is 2. The number of thioether (sulfide) groups is 1. The van der Waals surface area contributed by atoms with Gasteiger partial charge in [0.1, 0.15) is 0 Å². The van der Waals surface area contributed by atoms with Gasteiger partial charge >= 0.3 is 0 Å². The van der Waals surface area contributed by atoms with Crippen molar-refractivity contribution < 1.29 is 4.74 Å². The summed E-state index contributed by atoms with van der Waals surface area (Å²) in [7, 11) is 0. The summed E-state index contributed by atoms with van der Waals surface area (Å²) in [6.45, 7) is 0.860. The molecule has 0 radical (unpaired) electrons. The summed E-state index contributed by atoms with van der Waals surface area (Å²) < 4.78 is 6.06. The maximum Gasteiger partial charge on any atom is 0.201 e. The molecule has 4 nitrogen and oxygen atoms in total. The second-order valence-corrected chi connectivity index (χ2v) is 6.88. The van der Waals surface area contributed by atoms with Gasteiger partial charge < -0.3 is 15.0 Å². The number of nitrogens with one attached hydrogen (secondary N) is 2. The predicted molar refractivity (Wildman–Crippen MR) is 83.4 cm³/mol. The van der Waals surface area contributed by atoms with Crippen molar-refractivity contribution >= 4 is 28.7 Å². The van der Waals surface area contributed by atoms with E-state index in [9.17, 15) is 0 Å². The zero-order chi connectivity index (χ0) is 13.4. The maximum atomic E-state index is 6.06. The minimum Gasteiger partial charge on any atom is -0.374 e. The van der Waals surface area contributed by atoms with Gasteiger partial charge in [0.15, 0.2) is 0 Å². The third kappa shape index (κ3) is 2.29. The molecule has 3 heterocycles. The van der Waals surface area contributed by atoms with E-state index in [4.69, 9.17) is 4.74 Å². The Kier molecular flexibility index (Phi) is 3.11. The molecular weight excluding hydrogens is 270 g/mol. The minimum atomic E-state index is 0.118. The van der Waals surface area contributed by atoms with Crippen molar-refractivity contribution in [2.45, 2.75) is 30.9 Å². The molecule has 0 bridgehead atoms. The molecule has 0 amide bonds. The lowest BCUT2D eigenvalue weighted by molar-refractivity contribution is -0.0628. The number of para-hydroxylation sites is 2. The number of imidazole rings is 1. The van der Waals surface area contributed by atoms with Crippen LogP contribution in [-0.4, -0.2) is 39.7 Å². The van der Waals surface area contributed by atoms with E-state index in [-0.39, 0.29) is 5.60 Å². The Balaban J connectivity index is 1.50. The molecule has 5 heteroatoms. The van der Waals surface area contributed by atoms with Crippen molar-refractivity contribution in [3.63, 3.8) is 0 Å². The highest BCUT2D eigenvalue weighted by Gasteiger charge is 2.40. The molecule has 1 aromatic carbocycles. The lowest BCUT2D eigenvalue weighted by Crippen LogP contribution is -2.44. The largest absolute Gasteiger partial charge is 0.374 e. The van der Waals surface area contributed by atoms with E-state index >= 15 is 0 Å². The molecule has 2 unspecified atom stereocenters. The van der Waals surface area contributed by atoms with Gasteiger partial charge in [-0.25, -0.2) is 4.98 Å². The fraction of sp³-hybridized carbons (Fsp3) is 0.533. The molecule has 2 saturated heterocycles. The van der Waals surface area contributed by atoms with E-state index in [2.05, 4.69) is 21.4 Å². The molecule has 1 spiro atoms. The zero-order valence-corrected chi connectivity index (χ0v) is 12.2. The molecule has 1 aromatic heterocycles. The van der Waals surface area contributed by atoms with Crippen LogP contribution in [0, 0.1) is 0 Å². The van der Waals surface area contributed by atoms with Crippen molar-refractivity contribution in [2.75, 3.05) is 23.4 Å². The average Bonchev–Trinajstić information content (AvgIpc) is 3.05. The number of nitrogens with zero attached hydrogens (tertiary/aromatic N) is 1. The first-order chi connectivity index (χ1) is 9.83. The molecule has 106 valence electrons. The van der Waals surface area contributed by atoms with Gasteiger partial charge in [-0.15, -0.1) is 0 Å². The number of hydrogen-bond acceptors (Lipinski definition) is 4. The van der Waals surface area contributed by atoms with Crippen LogP contribution in [0.25, 0.3) is 11.0 Å². The fourth-order valence-corrected chi connectivity index (χ4v) is 4.61. The van der Waals surface area contributed by atoms with Crippen molar-refractivity contribution in [2.24, 2.45) is 0 Å². The second-order valence-electron chi connectivity index (χ2n) is 5.77. The molecule has 2 N–H and O–H groups in total. The third-order valence-electron chi connectivity index (χ3n) is 4.29. The standard InChI is InChI=1S/C15H19N3OS/c1-2-4-13-12(3-1)17-14(18-13)16-11-5-7-19-15(9-11)6-8-20-10-15/h1-4,11H,5-10H2,(H2,16,17,18). The van der Waals surface area contributed by atoms with Gasteiger partial charge in [0.25, 0.3) is 0 Å². The molecule has 2 aliphatic rings. The highest BCUT2D eigenvalue weighted by molar-refractivity contribution is 7.99. The quantitative estimate of drug-likeness (QED) is 0.892. The fourth-order valence-electron chi connectivity index (χ4n) is 3.23. The Labute approximate surface area is 122 Å². The minimum absolute atomic E-state index is 0.118. The number of aromatic nitrogens is 2. The van der Waals surface area contributed by atoms with Gasteiger partial charge in [0, 0.05) is 18.4 Å². The Morgan fingerprint density at radius 3 is 3.20 bits per heavy atom. The van der Waals surface area contributed by atoms with Gasteiger partial charge in [0.05, 0.1) is 16.6 Å². The van der Waals surface area contributed by atoms with Gasteiger partial charge in [0.2, 0.25) is 5.95 Å². The normalized spacial score (nSPS) is 30.1. The van der Waals surface area contributed by atoms with Crippen LogP contribution in [0.2, 0.25) is 0 Å². The van der Waals surface area contributed by atoms with Gasteiger partial charge in [-0.1, -0.05) is 12.1 Å². The highest BCUT2D eigenvalue weighted by Crippen LogP contribution is 2.38. The first-order valence-electron chi connectivity index (χ1n) is 7.26. The number of anilines is 1. The molecule has 2 aromatic rings. The van der Waals surface area contributed by atoms with E-state index in [1.807, 2.05) is 30.0 Å². The smallest absolute Gasteiger partial charge is 0.201 e. The molecule has 0 aliphatic carbocycles. The van der Waals surface area contributed by atoms with E-state index < -0.39 is 0 Å². The lowest BCUT2D eigenvalue weighted by Gasteiger charge is -2.37. The molecule has 2 aliphatic heterocycles. The molecule has 4 rings (SSSR count). The Bertz CT molecular complexity index is 573. The number of hydrogen-bond donors (Lipinski definition) is 2. The Hall–Kier alpha value is -1.20. The zero-order valence-electron chi connectivity index (χ0n) is 11.4. The molecule has 20 heavy (non-hydrogen) atoms. The maximum absolute atomic E-state index is 6.06. The highest BCUT2D eigenvalue weighted by atomic mass is 32.2. The van der Waals surface area contributed by atoms with Gasteiger partial charge in [-0.2, -0.15) is 11.8 Å². The van der Waals surface area contributed by atoms with Crippen molar-refractivity contribution in [3.05, 3.63) is 24.3 Å². The summed E-state index contributed by atoms with van der Waals surface area (Å²) in [6, 6.07) is 8.61. The number of aromatic amines is 1. The summed E-state index contributed by atoms with van der Waals surface area (Å²) in [5, 5.41) is 3.57. The van der Waals surface area contributed by atoms with E-state index in [1.54, 1.807) is 0 Å². The van der Waals surface area contributed by atoms with Gasteiger partial charge in [-0.3, -0.25) is 0 Å². The number of fused-ring (bicyclic) bond motifs is 1. The summed E-state index contributed by atoms with van der Waals surface area (Å²) in [4.78, 5) is 7.96. The van der Waals surface area contributed by atoms with Crippen LogP contribution < -0.4 is 5.32 Å². The lowest BCUT2D eigenvalue weighted by atomic mass is 9.90. The molecular formula is C15H19N3OS. The number of benzene rings is 1. The van der Waals surface area contributed by atoms with Crippen molar-refractivity contribution in [1.29, 1.82) is 0 Å². The van der Waals surface area contributed by atoms with E-state index in [1.165, 1.54) is 12.2 Å². The van der Waals surface area contributed by atoms with E-state index in [0.717, 1.165) is 42.2 Å². The average molecular weight is 289 g/mol. The summed E-state index contributed by atoms with van der Waals surface area (Å²) in [5.74, 6) is 3.27. The topological polar surface area (TPSA) is 49.9 Å². The van der Waals surface area contributed by atoms with Crippen LogP contribution in [0.3, 0.4) is 0 Å². The van der Waals surface area contributed by atoms with Crippen molar-refractivity contribution in [1.82, 2.24) is 9.97 Å². The molecule has 0 saturated carbocycles. The van der Waals surface area contributed by atoms with Crippen LogP contribution in [0.15, 0.2) is 24.3 Å². The van der Waals surface area contributed by atoms with Crippen LogP contribution in [-0.2, 0) is 4.74 Å². The van der Waals surface area contributed by atoms with Crippen LogP contribution in [0.5, 0.6) is 0 Å². The predicted octanol–water partition coefficient (Wildman–Crippen LogP) is 3.03. The second kappa shape index (κ2) is 4.97. The van der Waals surface area contributed by atoms with Crippen LogP contribution in [0.4, 0.5) is 5.95 Å². The summed E-state index contributed by atoms with van der Waals surface area (Å²) in [5.41, 5.74) is 2.23. The first-order valence-corrected chi connectivity index (χ1v) is 8.42.